The second kappa shape index (κ2) is 10.2. The van der Waals surface area contributed by atoms with Gasteiger partial charge in [-0.25, -0.2) is 4.98 Å². The first-order valence-corrected chi connectivity index (χ1v) is 11.2. The van der Waals surface area contributed by atoms with E-state index in [4.69, 9.17) is 21.1 Å². The van der Waals surface area contributed by atoms with Crippen LogP contribution in [0.3, 0.4) is 0 Å². The summed E-state index contributed by atoms with van der Waals surface area (Å²) in [5.41, 5.74) is 0.820. The number of methoxy groups -OCH3 is 2. The van der Waals surface area contributed by atoms with E-state index in [2.05, 4.69) is 20.1 Å². The van der Waals surface area contributed by atoms with Gasteiger partial charge in [-0.2, -0.15) is 5.10 Å². The number of fused-ring (bicyclic) bond motifs is 1. The molecular weight excluding hydrogens is 519 g/mol. The lowest BCUT2D eigenvalue weighted by molar-refractivity contribution is -0.274. The van der Waals surface area contributed by atoms with E-state index in [0.717, 1.165) is 12.1 Å². The molecule has 1 N–H and O–H groups in total. The molecule has 0 radical (unpaired) electrons. The van der Waals surface area contributed by atoms with E-state index in [0.29, 0.717) is 11.4 Å². The molecule has 1 aliphatic rings. The minimum atomic E-state index is -5.01. The number of anilines is 1. The summed E-state index contributed by atoms with van der Waals surface area (Å²) in [5, 5.41) is 6.91. The summed E-state index contributed by atoms with van der Waals surface area (Å²) in [4.78, 5) is 31.9. The number of aromatic nitrogens is 3. The number of ether oxygens (including phenoxy) is 3. The average Bonchev–Trinajstić information content (AvgIpc) is 3.24. The molecule has 3 heterocycles. The second-order valence-corrected chi connectivity index (χ2v) is 8.37. The van der Waals surface area contributed by atoms with Crippen LogP contribution in [0.1, 0.15) is 38.9 Å². The molecule has 0 fully saturated rings. The van der Waals surface area contributed by atoms with E-state index >= 15 is 0 Å². The third-order valence-corrected chi connectivity index (χ3v) is 5.90. The van der Waals surface area contributed by atoms with Crippen molar-refractivity contribution in [2.24, 2.45) is 7.05 Å². The predicted octanol–water partition coefficient (Wildman–Crippen LogP) is 3.91. The summed E-state index contributed by atoms with van der Waals surface area (Å²) in [7, 11) is 4.48. The highest BCUT2D eigenvalue weighted by Gasteiger charge is 2.36. The van der Waals surface area contributed by atoms with Crippen molar-refractivity contribution in [3.05, 3.63) is 58.5 Å². The first kappa shape index (κ1) is 26.1. The number of pyridine rings is 1. The molecule has 2 amide bonds. The topological polar surface area (TPSA) is 108 Å². The van der Waals surface area contributed by atoms with Gasteiger partial charge in [0.1, 0.15) is 5.75 Å². The number of nitrogens with one attached hydrogen (secondary N) is 1. The van der Waals surface area contributed by atoms with Crippen molar-refractivity contribution in [2.75, 3.05) is 25.7 Å². The van der Waals surface area contributed by atoms with Crippen LogP contribution in [0, 0.1) is 0 Å². The second-order valence-electron chi connectivity index (χ2n) is 7.93. The summed E-state index contributed by atoms with van der Waals surface area (Å²) < 4.78 is 54.4. The fraction of sp³-hybridized carbons (Fsp3) is 0.304. The first-order chi connectivity index (χ1) is 17.5. The van der Waals surface area contributed by atoms with E-state index in [-0.39, 0.29) is 46.7 Å². The highest BCUT2D eigenvalue weighted by molar-refractivity contribution is 6.30. The number of hydrogen-bond donors (Lipinski definition) is 1. The third kappa shape index (κ3) is 5.40. The SMILES string of the molecule is COc1cc(C(=O)N2CC[C@H](NC(=O)c3ccc(Cl)cc3OC(F)(F)F)c3c2cnn3C)cnc1OC. The van der Waals surface area contributed by atoms with Gasteiger partial charge in [-0.15, -0.1) is 13.2 Å². The number of benzene rings is 1. The molecule has 4 rings (SSSR count). The van der Waals surface area contributed by atoms with Crippen LogP contribution < -0.4 is 24.4 Å². The molecule has 14 heteroatoms. The summed E-state index contributed by atoms with van der Waals surface area (Å²) >= 11 is 5.80. The number of aryl methyl sites for hydroxylation is 1. The minimum absolute atomic E-state index is 0.0267. The van der Waals surface area contributed by atoms with Crippen LogP contribution in [-0.4, -0.2) is 53.7 Å². The molecule has 196 valence electrons. The van der Waals surface area contributed by atoms with Crippen LogP contribution in [0.15, 0.2) is 36.7 Å². The van der Waals surface area contributed by atoms with Gasteiger partial charge in [-0.05, 0) is 24.6 Å². The fourth-order valence-electron chi connectivity index (χ4n) is 4.05. The van der Waals surface area contributed by atoms with Crippen LogP contribution in [-0.2, 0) is 7.05 Å². The molecule has 37 heavy (non-hydrogen) atoms. The maximum absolute atomic E-state index is 13.3. The molecule has 0 aliphatic carbocycles. The zero-order valence-corrected chi connectivity index (χ0v) is 20.6. The Balaban J connectivity index is 1.60. The van der Waals surface area contributed by atoms with Crippen molar-refractivity contribution in [1.82, 2.24) is 20.1 Å². The molecule has 1 atom stereocenters. The molecule has 0 saturated carbocycles. The largest absolute Gasteiger partial charge is 0.573 e. The van der Waals surface area contributed by atoms with Crippen molar-refractivity contribution in [1.29, 1.82) is 0 Å². The van der Waals surface area contributed by atoms with Gasteiger partial charge in [0, 0.05) is 30.9 Å². The number of halogens is 4. The Morgan fingerprint density at radius 3 is 2.57 bits per heavy atom. The number of rotatable bonds is 6. The molecule has 0 spiro atoms. The fourth-order valence-corrected chi connectivity index (χ4v) is 4.21. The van der Waals surface area contributed by atoms with Crippen LogP contribution in [0.2, 0.25) is 5.02 Å². The molecule has 1 aliphatic heterocycles. The van der Waals surface area contributed by atoms with Gasteiger partial charge in [-0.3, -0.25) is 14.3 Å². The number of carbonyl (C=O) groups excluding carboxylic acids is 2. The van der Waals surface area contributed by atoms with Crippen LogP contribution >= 0.6 is 11.6 Å². The number of amides is 2. The van der Waals surface area contributed by atoms with Crippen LogP contribution in [0.5, 0.6) is 17.4 Å². The Morgan fingerprint density at radius 1 is 1.14 bits per heavy atom. The van der Waals surface area contributed by atoms with E-state index in [1.165, 1.54) is 48.3 Å². The van der Waals surface area contributed by atoms with E-state index in [1.54, 1.807) is 7.05 Å². The molecule has 1 aromatic carbocycles. The predicted molar refractivity (Wildman–Crippen MR) is 125 cm³/mol. The summed E-state index contributed by atoms with van der Waals surface area (Å²) in [5.74, 6) is -1.42. The Kier molecular flexibility index (Phi) is 7.16. The molecule has 10 nitrogen and oxygen atoms in total. The molecule has 2 aromatic heterocycles. The zero-order valence-electron chi connectivity index (χ0n) is 19.8. The Morgan fingerprint density at radius 2 is 1.89 bits per heavy atom. The monoisotopic (exact) mass is 539 g/mol. The standard InChI is InChI=1S/C23H21ClF3N5O5/c1-31-19-15(30-20(33)14-5-4-13(24)9-17(14)37-23(25,26)27)6-7-32(16(19)11-29-31)22(34)12-8-18(35-2)21(36-3)28-10-12/h4-5,8-11,15H,6-7H2,1-3H3,(H,30,33)/t15-/m0/s1. The van der Waals surface area contributed by atoms with Crippen LogP contribution in [0.25, 0.3) is 0 Å². The maximum atomic E-state index is 13.3. The van der Waals surface area contributed by atoms with Gasteiger partial charge >= 0.3 is 6.36 Å². The van der Waals surface area contributed by atoms with Gasteiger partial charge in [0.15, 0.2) is 5.75 Å². The number of alkyl halides is 3. The third-order valence-electron chi connectivity index (χ3n) is 5.67. The Hall–Kier alpha value is -4.00. The van der Waals surface area contributed by atoms with Crippen LogP contribution in [0.4, 0.5) is 18.9 Å². The minimum Gasteiger partial charge on any atom is -0.491 e. The molecule has 0 unspecified atom stereocenters. The van der Waals surface area contributed by atoms with Crippen molar-refractivity contribution in [2.45, 2.75) is 18.8 Å². The molecule has 0 bridgehead atoms. The molecular formula is C23H21ClF3N5O5. The lowest BCUT2D eigenvalue weighted by Crippen LogP contribution is -2.41. The molecule has 3 aromatic rings. The van der Waals surface area contributed by atoms with Gasteiger partial charge in [0.2, 0.25) is 0 Å². The zero-order chi connectivity index (χ0) is 26.9. The first-order valence-electron chi connectivity index (χ1n) is 10.8. The maximum Gasteiger partial charge on any atom is 0.573 e. The van der Waals surface area contributed by atoms with Gasteiger partial charge in [0.25, 0.3) is 17.7 Å². The lowest BCUT2D eigenvalue weighted by atomic mass is 10.0. The van der Waals surface area contributed by atoms with Crippen molar-refractivity contribution >= 4 is 29.1 Å². The van der Waals surface area contributed by atoms with Gasteiger partial charge in [0.05, 0.1) is 49.0 Å². The quantitative estimate of drug-likeness (QED) is 0.506. The number of carbonyl (C=O) groups is 2. The summed E-state index contributed by atoms with van der Waals surface area (Å²) in [6, 6.07) is 4.19. The average molecular weight is 540 g/mol. The van der Waals surface area contributed by atoms with Crippen molar-refractivity contribution < 1.29 is 37.0 Å². The van der Waals surface area contributed by atoms with Gasteiger partial charge < -0.3 is 24.4 Å². The molecule has 0 saturated heterocycles. The number of hydrogen-bond acceptors (Lipinski definition) is 7. The summed E-state index contributed by atoms with van der Waals surface area (Å²) in [6.07, 6.45) is -1.93. The van der Waals surface area contributed by atoms with Gasteiger partial charge in [-0.1, -0.05) is 11.6 Å². The van der Waals surface area contributed by atoms with Crippen molar-refractivity contribution in [3.63, 3.8) is 0 Å². The Bertz CT molecular complexity index is 1350. The van der Waals surface area contributed by atoms with E-state index in [1.807, 2.05) is 0 Å². The van der Waals surface area contributed by atoms with E-state index in [9.17, 15) is 22.8 Å². The highest BCUT2D eigenvalue weighted by Crippen LogP contribution is 2.36. The van der Waals surface area contributed by atoms with Crippen molar-refractivity contribution in [3.8, 4) is 17.4 Å². The summed E-state index contributed by atoms with van der Waals surface area (Å²) in [6.45, 7) is 0.184. The van der Waals surface area contributed by atoms with E-state index < -0.39 is 24.1 Å². The normalized spacial score (nSPS) is 15.1. The highest BCUT2D eigenvalue weighted by atomic mass is 35.5. The lowest BCUT2D eigenvalue weighted by Gasteiger charge is -2.32. The smallest absolute Gasteiger partial charge is 0.491 e. The number of nitrogens with zero attached hydrogens (tertiary/aromatic N) is 4. The Labute approximate surface area is 213 Å².